The van der Waals surface area contributed by atoms with Gasteiger partial charge in [0.2, 0.25) is 6.79 Å². The fourth-order valence-electron chi connectivity index (χ4n) is 3.86. The third kappa shape index (κ3) is 4.19. The van der Waals surface area contributed by atoms with Crippen molar-refractivity contribution in [3.63, 3.8) is 0 Å². The highest BCUT2D eigenvalue weighted by molar-refractivity contribution is 5.48. The van der Waals surface area contributed by atoms with Crippen LogP contribution in [0.2, 0.25) is 0 Å². The van der Waals surface area contributed by atoms with E-state index in [-0.39, 0.29) is 0 Å². The summed E-state index contributed by atoms with van der Waals surface area (Å²) in [6.07, 6.45) is 4.47. The van der Waals surface area contributed by atoms with Gasteiger partial charge in [0, 0.05) is 37.9 Å². The maximum absolute atomic E-state index is 5.67. The quantitative estimate of drug-likeness (QED) is 0.769. The van der Waals surface area contributed by atoms with Crippen LogP contribution in [0.5, 0.6) is 11.5 Å². The summed E-state index contributed by atoms with van der Waals surface area (Å²) in [6, 6.07) is 10.5. The molecule has 4 rings (SSSR count). The van der Waals surface area contributed by atoms with Crippen LogP contribution in [-0.2, 0) is 13.1 Å². The minimum absolute atomic E-state index is 0.320. The van der Waals surface area contributed by atoms with Gasteiger partial charge in [0.15, 0.2) is 11.5 Å². The van der Waals surface area contributed by atoms with Crippen LogP contribution in [0.15, 0.2) is 36.5 Å². The van der Waals surface area contributed by atoms with Gasteiger partial charge in [-0.1, -0.05) is 26.0 Å². The molecule has 2 aromatic rings. The topological polar surface area (TPSA) is 37.8 Å². The van der Waals surface area contributed by atoms with E-state index in [1.807, 2.05) is 18.3 Å². The average molecular weight is 367 g/mol. The van der Waals surface area contributed by atoms with Gasteiger partial charge in [0.05, 0.1) is 0 Å². The van der Waals surface area contributed by atoms with Crippen molar-refractivity contribution in [2.75, 3.05) is 31.3 Å². The molecule has 27 heavy (non-hydrogen) atoms. The molecule has 144 valence electrons. The Morgan fingerprint density at radius 1 is 1.15 bits per heavy atom. The van der Waals surface area contributed by atoms with Crippen molar-refractivity contribution in [2.45, 2.75) is 39.8 Å². The van der Waals surface area contributed by atoms with Crippen LogP contribution in [0.25, 0.3) is 0 Å². The summed E-state index contributed by atoms with van der Waals surface area (Å²) in [5.74, 6) is 3.70. The van der Waals surface area contributed by atoms with Crippen molar-refractivity contribution >= 4 is 5.82 Å². The first kappa shape index (κ1) is 18.1. The first-order valence-electron chi connectivity index (χ1n) is 10.0. The molecule has 0 saturated carbocycles. The van der Waals surface area contributed by atoms with Gasteiger partial charge >= 0.3 is 0 Å². The van der Waals surface area contributed by atoms with Gasteiger partial charge in [-0.2, -0.15) is 0 Å². The Balaban J connectivity index is 1.44. The molecule has 1 aromatic heterocycles. The first-order chi connectivity index (χ1) is 13.2. The lowest BCUT2D eigenvalue weighted by Gasteiger charge is -2.31. The van der Waals surface area contributed by atoms with Crippen LogP contribution < -0.4 is 14.4 Å². The summed E-state index contributed by atoms with van der Waals surface area (Å²) >= 11 is 0. The number of rotatable bonds is 6. The number of piperidine rings is 1. The number of nitrogens with zero attached hydrogens (tertiary/aromatic N) is 3. The minimum atomic E-state index is 0.320. The van der Waals surface area contributed by atoms with E-state index in [1.165, 1.54) is 24.0 Å². The van der Waals surface area contributed by atoms with E-state index in [4.69, 9.17) is 9.47 Å². The summed E-state index contributed by atoms with van der Waals surface area (Å²) in [5.41, 5.74) is 2.50. The third-order valence-electron chi connectivity index (χ3n) is 5.64. The lowest BCUT2D eigenvalue weighted by Crippen LogP contribution is -2.33. The number of para-hydroxylation sites is 1. The lowest BCUT2D eigenvalue weighted by atomic mass is 9.99. The van der Waals surface area contributed by atoms with E-state index in [0.717, 1.165) is 56.0 Å². The van der Waals surface area contributed by atoms with E-state index < -0.39 is 0 Å². The number of hydrogen-bond acceptors (Lipinski definition) is 5. The van der Waals surface area contributed by atoms with E-state index >= 15 is 0 Å². The monoisotopic (exact) mass is 367 g/mol. The second-order valence-corrected chi connectivity index (χ2v) is 7.65. The molecule has 0 aliphatic carbocycles. The molecule has 3 heterocycles. The number of pyridine rings is 1. The van der Waals surface area contributed by atoms with Gasteiger partial charge < -0.3 is 14.4 Å². The molecule has 1 fully saturated rings. The van der Waals surface area contributed by atoms with Crippen LogP contribution in [0, 0.1) is 5.92 Å². The number of ether oxygens (including phenoxy) is 2. The van der Waals surface area contributed by atoms with Crippen molar-refractivity contribution in [1.29, 1.82) is 0 Å². The summed E-state index contributed by atoms with van der Waals surface area (Å²) in [7, 11) is 0. The zero-order chi connectivity index (χ0) is 18.6. The minimum Gasteiger partial charge on any atom is -0.454 e. The van der Waals surface area contributed by atoms with Crippen molar-refractivity contribution in [2.24, 2.45) is 5.92 Å². The van der Waals surface area contributed by atoms with Gasteiger partial charge in [-0.3, -0.25) is 4.90 Å². The Labute approximate surface area is 161 Å². The van der Waals surface area contributed by atoms with Crippen LogP contribution in [-0.4, -0.2) is 36.3 Å². The average Bonchev–Trinajstić information content (AvgIpc) is 3.18. The SMILES string of the molecule is CCN(Cc1ccnc(N2CCC(C)CC2)c1)Cc1cccc2c1OCO2. The van der Waals surface area contributed by atoms with Gasteiger partial charge in [-0.25, -0.2) is 4.98 Å². The van der Waals surface area contributed by atoms with E-state index in [1.54, 1.807) is 0 Å². The molecule has 0 unspecified atom stereocenters. The maximum atomic E-state index is 5.67. The largest absolute Gasteiger partial charge is 0.454 e. The number of benzene rings is 1. The zero-order valence-electron chi connectivity index (χ0n) is 16.4. The van der Waals surface area contributed by atoms with E-state index in [9.17, 15) is 0 Å². The van der Waals surface area contributed by atoms with Crippen molar-refractivity contribution in [3.8, 4) is 11.5 Å². The van der Waals surface area contributed by atoms with E-state index in [2.05, 4.69) is 46.8 Å². The molecule has 0 atom stereocenters. The molecule has 2 aliphatic heterocycles. The summed E-state index contributed by atoms with van der Waals surface area (Å²) in [4.78, 5) is 9.47. The molecule has 0 bridgehead atoms. The molecule has 1 saturated heterocycles. The molecular weight excluding hydrogens is 338 g/mol. The molecule has 0 amide bonds. The molecule has 0 N–H and O–H groups in total. The number of fused-ring (bicyclic) bond motifs is 1. The summed E-state index contributed by atoms with van der Waals surface area (Å²) in [6.45, 7) is 9.82. The molecule has 1 aromatic carbocycles. The second-order valence-electron chi connectivity index (χ2n) is 7.65. The summed E-state index contributed by atoms with van der Waals surface area (Å²) < 4.78 is 11.2. The predicted octanol–water partition coefficient (Wildman–Crippen LogP) is 4.07. The van der Waals surface area contributed by atoms with Crippen molar-refractivity contribution < 1.29 is 9.47 Å². The number of hydrogen-bond donors (Lipinski definition) is 0. The Hall–Kier alpha value is -2.27. The highest BCUT2D eigenvalue weighted by Crippen LogP contribution is 2.36. The maximum Gasteiger partial charge on any atom is 0.231 e. The Bertz CT molecular complexity index is 772. The Kier molecular flexibility index (Phi) is 5.48. The zero-order valence-corrected chi connectivity index (χ0v) is 16.4. The van der Waals surface area contributed by atoms with Gasteiger partial charge in [0.25, 0.3) is 0 Å². The smallest absolute Gasteiger partial charge is 0.231 e. The van der Waals surface area contributed by atoms with Crippen molar-refractivity contribution in [3.05, 3.63) is 47.7 Å². The second kappa shape index (κ2) is 8.17. The molecule has 0 spiro atoms. The lowest BCUT2D eigenvalue weighted by molar-refractivity contribution is 0.171. The molecule has 5 heteroatoms. The summed E-state index contributed by atoms with van der Waals surface area (Å²) in [5, 5.41) is 0. The van der Waals surface area contributed by atoms with Crippen LogP contribution in [0.4, 0.5) is 5.82 Å². The van der Waals surface area contributed by atoms with Gasteiger partial charge in [-0.15, -0.1) is 0 Å². The molecule has 5 nitrogen and oxygen atoms in total. The number of anilines is 1. The highest BCUT2D eigenvalue weighted by Gasteiger charge is 2.20. The molecular formula is C22H29N3O2. The normalized spacial score (nSPS) is 16.9. The Morgan fingerprint density at radius 3 is 2.81 bits per heavy atom. The first-order valence-corrected chi connectivity index (χ1v) is 10.0. The van der Waals surface area contributed by atoms with Gasteiger partial charge in [-0.05, 0) is 49.1 Å². The predicted molar refractivity (Wildman–Crippen MR) is 107 cm³/mol. The van der Waals surface area contributed by atoms with Crippen molar-refractivity contribution in [1.82, 2.24) is 9.88 Å². The Morgan fingerprint density at radius 2 is 2.00 bits per heavy atom. The van der Waals surface area contributed by atoms with E-state index in [0.29, 0.717) is 6.79 Å². The fourth-order valence-corrected chi connectivity index (χ4v) is 3.86. The van der Waals surface area contributed by atoms with Gasteiger partial charge in [0.1, 0.15) is 5.82 Å². The standard InChI is InChI=1S/C22H29N3O2/c1-3-24(15-19-5-4-6-20-22(19)27-16-26-20)14-18-7-10-23-21(13-18)25-11-8-17(2)9-12-25/h4-7,10,13,17H,3,8-9,11-12,14-16H2,1-2H3. The number of aromatic nitrogens is 1. The van der Waals surface area contributed by atoms with Crippen LogP contribution in [0.3, 0.4) is 0 Å². The van der Waals surface area contributed by atoms with Crippen LogP contribution in [0.1, 0.15) is 37.8 Å². The molecule has 0 radical (unpaired) electrons. The highest BCUT2D eigenvalue weighted by atomic mass is 16.7. The fraction of sp³-hybridized carbons (Fsp3) is 0.500. The molecule has 2 aliphatic rings. The third-order valence-corrected chi connectivity index (χ3v) is 5.64. The van der Waals surface area contributed by atoms with Crippen LogP contribution >= 0.6 is 0 Å².